The third-order valence-corrected chi connectivity index (χ3v) is 3.05. The third-order valence-electron chi connectivity index (χ3n) is 2.20. The number of imidazole rings is 1. The molecule has 5 heteroatoms. The molecule has 2 N–H and O–H groups in total. The summed E-state index contributed by atoms with van der Waals surface area (Å²) in [5, 5.41) is 0.585. The Labute approximate surface area is 90.0 Å². The van der Waals surface area contributed by atoms with Crippen molar-refractivity contribution in [2.45, 2.75) is 0 Å². The summed E-state index contributed by atoms with van der Waals surface area (Å²) in [6.45, 7) is 0. The Morgan fingerprint density at radius 3 is 3.00 bits per heavy atom. The number of fused-ring (bicyclic) bond motifs is 1. The van der Waals surface area contributed by atoms with E-state index in [2.05, 4.69) is 9.97 Å². The van der Waals surface area contributed by atoms with Crippen LogP contribution in [0, 0.1) is 0 Å². The number of anilines is 1. The lowest BCUT2D eigenvalue weighted by Gasteiger charge is -2.00. The van der Waals surface area contributed by atoms with Crippen LogP contribution in [-0.2, 0) is 0 Å². The summed E-state index contributed by atoms with van der Waals surface area (Å²) in [6.07, 6.45) is 5.50. The van der Waals surface area contributed by atoms with Crippen LogP contribution in [0.2, 0.25) is 0 Å². The van der Waals surface area contributed by atoms with E-state index in [9.17, 15) is 0 Å². The molecule has 0 unspecified atom stereocenters. The van der Waals surface area contributed by atoms with E-state index in [0.29, 0.717) is 5.13 Å². The Balaban J connectivity index is 2.30. The number of rotatable bonds is 1. The van der Waals surface area contributed by atoms with Crippen molar-refractivity contribution >= 4 is 22.1 Å². The minimum Gasteiger partial charge on any atom is -0.375 e. The SMILES string of the molecule is Nc1ncc(-c2cccc3nccn23)s1. The molecule has 0 aliphatic carbocycles. The van der Waals surface area contributed by atoms with E-state index in [1.54, 1.807) is 12.4 Å². The summed E-state index contributed by atoms with van der Waals surface area (Å²) < 4.78 is 2.02. The zero-order chi connectivity index (χ0) is 10.3. The van der Waals surface area contributed by atoms with Crippen molar-refractivity contribution in [1.29, 1.82) is 0 Å². The lowest BCUT2D eigenvalue weighted by molar-refractivity contribution is 1.20. The van der Waals surface area contributed by atoms with Gasteiger partial charge in [0.05, 0.1) is 10.6 Å². The van der Waals surface area contributed by atoms with Crippen molar-refractivity contribution in [3.8, 4) is 10.6 Å². The first-order valence-electron chi connectivity index (χ1n) is 4.48. The van der Waals surface area contributed by atoms with E-state index in [4.69, 9.17) is 5.73 Å². The summed E-state index contributed by atoms with van der Waals surface area (Å²) in [6, 6.07) is 5.98. The van der Waals surface area contributed by atoms with Crippen LogP contribution in [0.25, 0.3) is 16.2 Å². The zero-order valence-corrected chi connectivity index (χ0v) is 8.61. The van der Waals surface area contributed by atoms with Gasteiger partial charge in [0.1, 0.15) is 5.65 Å². The average molecular weight is 216 g/mol. The van der Waals surface area contributed by atoms with E-state index >= 15 is 0 Å². The third kappa shape index (κ3) is 1.28. The number of thiazole rings is 1. The van der Waals surface area contributed by atoms with Crippen LogP contribution >= 0.6 is 11.3 Å². The first kappa shape index (κ1) is 8.43. The lowest BCUT2D eigenvalue weighted by Crippen LogP contribution is -1.87. The fraction of sp³-hybridized carbons (Fsp3) is 0. The minimum atomic E-state index is 0.585. The second-order valence-electron chi connectivity index (χ2n) is 3.13. The summed E-state index contributed by atoms with van der Waals surface area (Å²) >= 11 is 1.48. The van der Waals surface area contributed by atoms with Crippen molar-refractivity contribution in [3.05, 3.63) is 36.8 Å². The molecule has 0 atom stereocenters. The molecule has 0 saturated heterocycles. The molecule has 3 aromatic heterocycles. The van der Waals surface area contributed by atoms with Gasteiger partial charge in [-0.3, -0.25) is 4.40 Å². The molecule has 0 radical (unpaired) electrons. The van der Waals surface area contributed by atoms with E-state index in [0.717, 1.165) is 16.2 Å². The van der Waals surface area contributed by atoms with Gasteiger partial charge in [-0.15, -0.1) is 0 Å². The number of nitrogens with two attached hydrogens (primary N) is 1. The van der Waals surface area contributed by atoms with E-state index in [1.807, 2.05) is 28.8 Å². The highest BCUT2D eigenvalue weighted by Crippen LogP contribution is 2.27. The van der Waals surface area contributed by atoms with Gasteiger partial charge in [-0.2, -0.15) is 0 Å². The second-order valence-corrected chi connectivity index (χ2v) is 4.19. The van der Waals surface area contributed by atoms with Crippen molar-refractivity contribution in [1.82, 2.24) is 14.4 Å². The van der Waals surface area contributed by atoms with Crippen LogP contribution in [0.1, 0.15) is 0 Å². The Kier molecular flexibility index (Phi) is 1.72. The maximum atomic E-state index is 5.62. The highest BCUT2D eigenvalue weighted by atomic mass is 32.1. The van der Waals surface area contributed by atoms with Crippen LogP contribution in [0.3, 0.4) is 0 Å². The molecular formula is C10H8N4S. The fourth-order valence-corrected chi connectivity index (χ4v) is 2.26. The van der Waals surface area contributed by atoms with Gasteiger partial charge in [0.25, 0.3) is 0 Å². The summed E-state index contributed by atoms with van der Waals surface area (Å²) in [5.74, 6) is 0. The smallest absolute Gasteiger partial charge is 0.180 e. The van der Waals surface area contributed by atoms with E-state index in [1.165, 1.54) is 11.3 Å². The molecule has 74 valence electrons. The maximum Gasteiger partial charge on any atom is 0.180 e. The molecular weight excluding hydrogens is 208 g/mol. The Morgan fingerprint density at radius 2 is 2.20 bits per heavy atom. The van der Waals surface area contributed by atoms with Crippen molar-refractivity contribution < 1.29 is 0 Å². The van der Waals surface area contributed by atoms with Gasteiger partial charge in [0.15, 0.2) is 5.13 Å². The zero-order valence-electron chi connectivity index (χ0n) is 7.79. The van der Waals surface area contributed by atoms with Crippen LogP contribution < -0.4 is 5.73 Å². The lowest BCUT2D eigenvalue weighted by atomic mass is 10.3. The molecule has 0 amide bonds. The van der Waals surface area contributed by atoms with Gasteiger partial charge in [-0.05, 0) is 12.1 Å². The number of nitrogens with zero attached hydrogens (tertiary/aromatic N) is 3. The van der Waals surface area contributed by atoms with Gasteiger partial charge in [0.2, 0.25) is 0 Å². The predicted molar refractivity (Wildman–Crippen MR) is 60.7 cm³/mol. The Hall–Kier alpha value is -1.88. The summed E-state index contributed by atoms with van der Waals surface area (Å²) in [5.41, 5.74) is 7.62. The van der Waals surface area contributed by atoms with Gasteiger partial charge < -0.3 is 5.73 Å². The average Bonchev–Trinajstić information content (AvgIpc) is 2.84. The van der Waals surface area contributed by atoms with Crippen molar-refractivity contribution in [2.24, 2.45) is 0 Å². The standard InChI is InChI=1S/C10H8N4S/c11-10-13-6-8(15-10)7-2-1-3-9-12-4-5-14(7)9/h1-6H,(H2,11,13). The minimum absolute atomic E-state index is 0.585. The molecule has 0 bridgehead atoms. The molecule has 15 heavy (non-hydrogen) atoms. The number of aromatic nitrogens is 3. The summed E-state index contributed by atoms with van der Waals surface area (Å²) in [7, 11) is 0. The highest BCUT2D eigenvalue weighted by molar-refractivity contribution is 7.18. The summed E-state index contributed by atoms with van der Waals surface area (Å²) in [4.78, 5) is 9.33. The van der Waals surface area contributed by atoms with Gasteiger partial charge in [-0.1, -0.05) is 17.4 Å². The first-order valence-corrected chi connectivity index (χ1v) is 5.30. The second kappa shape index (κ2) is 3.06. The molecule has 3 aromatic rings. The first-order chi connectivity index (χ1) is 7.34. The molecule has 0 saturated carbocycles. The van der Waals surface area contributed by atoms with E-state index in [-0.39, 0.29) is 0 Å². The normalized spacial score (nSPS) is 10.9. The largest absolute Gasteiger partial charge is 0.375 e. The highest BCUT2D eigenvalue weighted by Gasteiger charge is 2.06. The van der Waals surface area contributed by atoms with Crippen LogP contribution in [-0.4, -0.2) is 14.4 Å². The molecule has 3 rings (SSSR count). The number of nitrogen functional groups attached to an aromatic ring is 1. The van der Waals surface area contributed by atoms with E-state index < -0.39 is 0 Å². The molecule has 4 nitrogen and oxygen atoms in total. The predicted octanol–water partition coefficient (Wildman–Crippen LogP) is 2.04. The Bertz CT molecular complexity index is 610. The van der Waals surface area contributed by atoms with Gasteiger partial charge >= 0.3 is 0 Å². The monoisotopic (exact) mass is 216 g/mol. The number of pyridine rings is 1. The van der Waals surface area contributed by atoms with Gasteiger partial charge in [-0.25, -0.2) is 9.97 Å². The molecule has 0 fully saturated rings. The van der Waals surface area contributed by atoms with Gasteiger partial charge in [0, 0.05) is 18.6 Å². The Morgan fingerprint density at radius 1 is 1.27 bits per heavy atom. The van der Waals surface area contributed by atoms with Crippen molar-refractivity contribution in [2.75, 3.05) is 5.73 Å². The van der Waals surface area contributed by atoms with Crippen LogP contribution in [0.15, 0.2) is 36.8 Å². The molecule has 0 aromatic carbocycles. The maximum absolute atomic E-state index is 5.62. The van der Waals surface area contributed by atoms with Crippen LogP contribution in [0.4, 0.5) is 5.13 Å². The quantitative estimate of drug-likeness (QED) is 0.677. The number of hydrogen-bond acceptors (Lipinski definition) is 4. The number of hydrogen-bond donors (Lipinski definition) is 1. The molecule has 0 spiro atoms. The molecule has 0 aliphatic heterocycles. The van der Waals surface area contributed by atoms with Crippen molar-refractivity contribution in [3.63, 3.8) is 0 Å². The molecule has 3 heterocycles. The topological polar surface area (TPSA) is 56.2 Å². The van der Waals surface area contributed by atoms with Crippen LogP contribution in [0.5, 0.6) is 0 Å². The molecule has 0 aliphatic rings. The fourth-order valence-electron chi connectivity index (χ4n) is 1.55.